The number of hydrogen-bond donors (Lipinski definition) is 1. The van der Waals surface area contributed by atoms with E-state index in [4.69, 9.17) is 14.3 Å². The van der Waals surface area contributed by atoms with E-state index in [2.05, 4.69) is 33.1 Å². The van der Waals surface area contributed by atoms with E-state index in [1.54, 1.807) is 19.2 Å². The number of oxime groups is 1. The fourth-order valence-corrected chi connectivity index (χ4v) is 2.85. The van der Waals surface area contributed by atoms with Crippen LogP contribution in [0.4, 0.5) is 5.69 Å². The van der Waals surface area contributed by atoms with Gasteiger partial charge in [-0.15, -0.1) is 0 Å². The second kappa shape index (κ2) is 10.6. The number of carbonyl (C=O) groups excluding carboxylic acids is 1. The number of anilines is 1. The number of halogens is 1. The van der Waals surface area contributed by atoms with Crippen molar-refractivity contribution in [2.45, 2.75) is 13.3 Å². The van der Waals surface area contributed by atoms with E-state index < -0.39 is 0 Å². The fraction of sp³-hybridized carbons (Fsp3) is 0.263. The molecular formula is C19H21IN2O4. The topological polar surface area (TPSA) is 69.2 Å². The van der Waals surface area contributed by atoms with Gasteiger partial charge in [0.05, 0.1) is 23.5 Å². The van der Waals surface area contributed by atoms with Crippen LogP contribution in [0.1, 0.15) is 18.9 Å². The Bertz CT molecular complexity index is 751. The Morgan fingerprint density at radius 3 is 2.73 bits per heavy atom. The zero-order chi connectivity index (χ0) is 18.8. The third-order valence-corrected chi connectivity index (χ3v) is 4.03. The molecule has 0 aromatic heterocycles. The normalized spacial score (nSPS) is 10.6. The van der Waals surface area contributed by atoms with Gasteiger partial charge in [0, 0.05) is 11.3 Å². The highest BCUT2D eigenvalue weighted by Gasteiger charge is 2.11. The van der Waals surface area contributed by atoms with E-state index in [0.29, 0.717) is 18.0 Å². The van der Waals surface area contributed by atoms with Crippen molar-refractivity contribution in [3.63, 3.8) is 0 Å². The van der Waals surface area contributed by atoms with Crippen LogP contribution in [0.2, 0.25) is 0 Å². The molecule has 6 nitrogen and oxygen atoms in total. The van der Waals surface area contributed by atoms with E-state index in [1.165, 1.54) is 6.21 Å². The molecule has 0 radical (unpaired) electrons. The molecular weight excluding hydrogens is 447 g/mol. The quantitative estimate of drug-likeness (QED) is 0.342. The zero-order valence-corrected chi connectivity index (χ0v) is 16.9. The molecule has 0 atom stereocenters. The first-order valence-corrected chi connectivity index (χ1v) is 9.22. The van der Waals surface area contributed by atoms with Gasteiger partial charge in [-0.25, -0.2) is 0 Å². The van der Waals surface area contributed by atoms with Crippen molar-refractivity contribution in [1.29, 1.82) is 0 Å². The van der Waals surface area contributed by atoms with E-state index in [1.807, 2.05) is 37.3 Å². The number of amides is 1. The van der Waals surface area contributed by atoms with E-state index >= 15 is 0 Å². The van der Waals surface area contributed by atoms with Crippen molar-refractivity contribution in [2.75, 3.05) is 25.6 Å². The molecule has 0 aliphatic rings. The molecule has 0 aliphatic heterocycles. The Morgan fingerprint density at radius 1 is 1.27 bits per heavy atom. The Labute approximate surface area is 166 Å². The number of ether oxygens (including phenoxy) is 2. The molecule has 1 N–H and O–H groups in total. The summed E-state index contributed by atoms with van der Waals surface area (Å²) in [5.74, 6) is 1.08. The number of nitrogens with zero attached hydrogens (tertiary/aromatic N) is 1. The van der Waals surface area contributed by atoms with Gasteiger partial charge in [0.15, 0.2) is 18.1 Å². The molecule has 1 amide bonds. The summed E-state index contributed by atoms with van der Waals surface area (Å²) in [5, 5.41) is 6.57. The van der Waals surface area contributed by atoms with Crippen molar-refractivity contribution in [2.24, 2.45) is 5.16 Å². The summed E-state index contributed by atoms with van der Waals surface area (Å²) in [4.78, 5) is 16.8. The van der Waals surface area contributed by atoms with Crippen LogP contribution < -0.4 is 14.8 Å². The second-order valence-electron chi connectivity index (χ2n) is 5.30. The lowest BCUT2D eigenvalue weighted by atomic mass is 10.2. The summed E-state index contributed by atoms with van der Waals surface area (Å²) in [5.41, 5.74) is 1.51. The average Bonchev–Trinajstić information content (AvgIpc) is 2.65. The Balaban J connectivity index is 1.91. The van der Waals surface area contributed by atoms with Gasteiger partial charge in [-0.1, -0.05) is 30.3 Å². The smallest absolute Gasteiger partial charge is 0.265 e. The van der Waals surface area contributed by atoms with E-state index in [-0.39, 0.29) is 12.5 Å². The number of hydrogen-bond acceptors (Lipinski definition) is 5. The highest BCUT2D eigenvalue weighted by Crippen LogP contribution is 2.33. The van der Waals surface area contributed by atoms with Crippen molar-refractivity contribution in [1.82, 2.24) is 0 Å². The SMILES string of the molecule is CCCOc1c(I)cc(C=NOCC(=O)Nc2ccccc2)cc1OC. The van der Waals surface area contributed by atoms with Crippen LogP contribution in [-0.4, -0.2) is 32.4 Å². The summed E-state index contributed by atoms with van der Waals surface area (Å²) >= 11 is 2.19. The first kappa shape index (κ1) is 20.0. The molecule has 2 aromatic rings. The van der Waals surface area contributed by atoms with E-state index in [0.717, 1.165) is 21.3 Å². The average molecular weight is 468 g/mol. The van der Waals surface area contributed by atoms with Crippen LogP contribution in [0.25, 0.3) is 0 Å². The third-order valence-electron chi connectivity index (χ3n) is 3.23. The van der Waals surface area contributed by atoms with Crippen molar-refractivity contribution < 1.29 is 19.1 Å². The van der Waals surface area contributed by atoms with Crippen molar-refractivity contribution in [3.8, 4) is 11.5 Å². The van der Waals surface area contributed by atoms with Crippen LogP contribution in [0, 0.1) is 3.57 Å². The maximum absolute atomic E-state index is 11.8. The van der Waals surface area contributed by atoms with Crippen LogP contribution >= 0.6 is 22.6 Å². The van der Waals surface area contributed by atoms with Crippen LogP contribution in [0.3, 0.4) is 0 Å². The zero-order valence-electron chi connectivity index (χ0n) is 14.7. The minimum absolute atomic E-state index is 0.169. The largest absolute Gasteiger partial charge is 0.493 e. The molecule has 0 spiro atoms. The number of carbonyl (C=O) groups is 1. The van der Waals surface area contributed by atoms with E-state index in [9.17, 15) is 4.79 Å². The summed E-state index contributed by atoms with van der Waals surface area (Å²) < 4.78 is 12.0. The molecule has 0 bridgehead atoms. The molecule has 0 fully saturated rings. The molecule has 7 heteroatoms. The van der Waals surface area contributed by atoms with Gasteiger partial charge in [-0.05, 0) is 53.3 Å². The molecule has 138 valence electrons. The van der Waals surface area contributed by atoms with Crippen LogP contribution in [0.5, 0.6) is 11.5 Å². The van der Waals surface area contributed by atoms with Gasteiger partial charge in [0.1, 0.15) is 0 Å². The van der Waals surface area contributed by atoms with Gasteiger partial charge in [0.2, 0.25) is 0 Å². The summed E-state index contributed by atoms with van der Waals surface area (Å²) in [7, 11) is 1.59. The maximum atomic E-state index is 11.8. The molecule has 0 heterocycles. The Morgan fingerprint density at radius 2 is 2.04 bits per heavy atom. The fourth-order valence-electron chi connectivity index (χ4n) is 2.07. The molecule has 0 saturated heterocycles. The first-order valence-electron chi connectivity index (χ1n) is 8.14. The second-order valence-corrected chi connectivity index (χ2v) is 6.47. The number of rotatable bonds is 9. The van der Waals surface area contributed by atoms with Crippen LogP contribution in [0.15, 0.2) is 47.6 Å². The number of methoxy groups -OCH3 is 1. The van der Waals surface area contributed by atoms with Crippen LogP contribution in [-0.2, 0) is 9.63 Å². The lowest BCUT2D eigenvalue weighted by Crippen LogP contribution is -2.16. The molecule has 0 aliphatic carbocycles. The summed E-state index contributed by atoms with van der Waals surface area (Å²) in [6.07, 6.45) is 2.45. The first-order chi connectivity index (χ1) is 12.6. The summed E-state index contributed by atoms with van der Waals surface area (Å²) in [6.45, 7) is 2.50. The Hall–Kier alpha value is -2.29. The standard InChI is InChI=1S/C19H21IN2O4/c1-3-9-25-19-16(20)10-14(11-17(19)24-2)12-21-26-13-18(23)22-15-7-5-4-6-8-15/h4-8,10-12H,3,9,13H2,1-2H3,(H,22,23). The summed E-state index contributed by atoms with van der Waals surface area (Å²) in [6, 6.07) is 12.9. The number of benzene rings is 2. The molecule has 2 rings (SSSR count). The molecule has 0 unspecified atom stereocenters. The number of para-hydroxylation sites is 1. The van der Waals surface area contributed by atoms with Gasteiger partial charge in [0.25, 0.3) is 5.91 Å². The molecule has 2 aromatic carbocycles. The molecule has 26 heavy (non-hydrogen) atoms. The highest BCUT2D eigenvalue weighted by molar-refractivity contribution is 14.1. The number of nitrogens with one attached hydrogen (secondary N) is 1. The lowest BCUT2D eigenvalue weighted by Gasteiger charge is -2.12. The van der Waals surface area contributed by atoms with Crippen molar-refractivity contribution in [3.05, 3.63) is 51.6 Å². The predicted molar refractivity (Wildman–Crippen MR) is 110 cm³/mol. The lowest BCUT2D eigenvalue weighted by molar-refractivity contribution is -0.120. The van der Waals surface area contributed by atoms with Gasteiger partial charge in [-0.3, -0.25) is 4.79 Å². The monoisotopic (exact) mass is 468 g/mol. The van der Waals surface area contributed by atoms with Gasteiger partial charge in [-0.2, -0.15) is 0 Å². The van der Waals surface area contributed by atoms with Gasteiger partial charge < -0.3 is 19.6 Å². The highest BCUT2D eigenvalue weighted by atomic mass is 127. The molecule has 0 saturated carbocycles. The van der Waals surface area contributed by atoms with Crippen molar-refractivity contribution >= 4 is 40.4 Å². The third kappa shape index (κ3) is 6.21. The minimum Gasteiger partial charge on any atom is -0.493 e. The predicted octanol–water partition coefficient (Wildman–Crippen LogP) is 4.08. The van der Waals surface area contributed by atoms with Gasteiger partial charge >= 0.3 is 0 Å². The Kier molecular flexibility index (Phi) is 8.20. The minimum atomic E-state index is -0.274. The maximum Gasteiger partial charge on any atom is 0.265 e.